The lowest BCUT2D eigenvalue weighted by atomic mass is 9.79. The first kappa shape index (κ1) is 17.1. The molecular formula is C22H27N3O. The Bertz CT molecular complexity index is 747. The lowest BCUT2D eigenvalue weighted by molar-refractivity contribution is 0.0943. The molecule has 1 saturated heterocycles. The Balaban J connectivity index is 1.52. The highest BCUT2D eigenvalue weighted by molar-refractivity contribution is 5.99. The van der Waals surface area contributed by atoms with Crippen LogP contribution in [0.15, 0.2) is 48.7 Å². The molecule has 0 radical (unpaired) electrons. The predicted octanol–water partition coefficient (Wildman–Crippen LogP) is 3.92. The van der Waals surface area contributed by atoms with Crippen molar-refractivity contribution in [1.82, 2.24) is 10.3 Å². The van der Waals surface area contributed by atoms with Crippen LogP contribution in [0.3, 0.4) is 0 Å². The molecule has 2 aromatic rings. The van der Waals surface area contributed by atoms with Crippen LogP contribution in [0.25, 0.3) is 0 Å². The number of nitrogens with one attached hydrogen (secondary N) is 1. The van der Waals surface area contributed by atoms with Crippen molar-refractivity contribution in [2.45, 2.75) is 43.9 Å². The molecule has 1 aromatic carbocycles. The van der Waals surface area contributed by atoms with Gasteiger partial charge in [-0.05, 0) is 43.4 Å². The molecule has 2 aliphatic rings. The molecule has 4 heteroatoms. The summed E-state index contributed by atoms with van der Waals surface area (Å²) in [6.07, 6.45) is 8.89. The van der Waals surface area contributed by atoms with Crippen molar-refractivity contribution in [3.8, 4) is 0 Å². The fraction of sp³-hybridized carbons (Fsp3) is 0.455. The van der Waals surface area contributed by atoms with Crippen LogP contribution in [0, 0.1) is 0 Å². The number of nitrogens with zero attached hydrogens (tertiary/aromatic N) is 2. The zero-order valence-electron chi connectivity index (χ0n) is 15.3. The number of hydrogen-bond acceptors (Lipinski definition) is 3. The van der Waals surface area contributed by atoms with Crippen LogP contribution in [-0.2, 0) is 5.41 Å². The average Bonchev–Trinajstić information content (AvgIpc) is 3.40. The maximum Gasteiger partial charge on any atom is 0.255 e. The molecule has 0 atom stereocenters. The van der Waals surface area contributed by atoms with E-state index in [1.165, 1.54) is 31.2 Å². The molecule has 4 rings (SSSR count). The van der Waals surface area contributed by atoms with Gasteiger partial charge >= 0.3 is 0 Å². The summed E-state index contributed by atoms with van der Waals surface area (Å²) in [5, 5.41) is 3.24. The average molecular weight is 349 g/mol. The second kappa shape index (κ2) is 7.48. The Morgan fingerprint density at radius 1 is 1.00 bits per heavy atom. The van der Waals surface area contributed by atoms with Crippen molar-refractivity contribution >= 4 is 11.7 Å². The molecular weight excluding hydrogens is 322 g/mol. The molecule has 0 bridgehead atoms. The summed E-state index contributed by atoms with van der Waals surface area (Å²) in [7, 11) is 0. The molecule has 1 amide bonds. The van der Waals surface area contributed by atoms with Gasteiger partial charge in [-0.15, -0.1) is 0 Å². The zero-order chi connectivity index (χ0) is 17.8. The first-order chi connectivity index (χ1) is 12.8. The number of carbonyl (C=O) groups is 1. The molecule has 0 spiro atoms. The minimum atomic E-state index is 0.00204. The quantitative estimate of drug-likeness (QED) is 0.890. The number of hydrogen-bond donors (Lipinski definition) is 1. The van der Waals surface area contributed by atoms with E-state index >= 15 is 0 Å². The van der Waals surface area contributed by atoms with E-state index < -0.39 is 0 Å². The van der Waals surface area contributed by atoms with E-state index in [1.54, 1.807) is 6.20 Å². The van der Waals surface area contributed by atoms with E-state index in [2.05, 4.69) is 45.5 Å². The molecule has 1 saturated carbocycles. The molecule has 1 N–H and O–H groups in total. The Kier molecular flexibility index (Phi) is 4.91. The van der Waals surface area contributed by atoms with Crippen molar-refractivity contribution in [3.63, 3.8) is 0 Å². The fourth-order valence-corrected chi connectivity index (χ4v) is 4.51. The largest absolute Gasteiger partial charge is 0.356 e. The standard InChI is InChI=1S/C22H27N3O/c26-21(19-11-8-14-23-20(19)25-15-6-7-16-25)24-17-22(12-4-5-13-22)18-9-2-1-3-10-18/h1-3,8-11,14H,4-7,12-13,15-17H2,(H,24,26). The molecule has 1 aliphatic heterocycles. The second-order valence-electron chi connectivity index (χ2n) is 7.60. The monoisotopic (exact) mass is 349 g/mol. The number of amides is 1. The molecule has 1 aromatic heterocycles. The molecule has 136 valence electrons. The SMILES string of the molecule is O=C(NCC1(c2ccccc2)CCCC1)c1cccnc1N1CCCC1. The normalized spacial score (nSPS) is 18.8. The van der Waals surface area contributed by atoms with Gasteiger partial charge in [-0.25, -0.2) is 4.98 Å². The van der Waals surface area contributed by atoms with Crippen LogP contribution in [0.5, 0.6) is 0 Å². The summed E-state index contributed by atoms with van der Waals surface area (Å²) < 4.78 is 0. The van der Waals surface area contributed by atoms with Gasteiger partial charge in [0.1, 0.15) is 5.82 Å². The first-order valence-electron chi connectivity index (χ1n) is 9.82. The van der Waals surface area contributed by atoms with Crippen LogP contribution in [0.4, 0.5) is 5.82 Å². The van der Waals surface area contributed by atoms with Crippen LogP contribution in [0.2, 0.25) is 0 Å². The third-order valence-corrected chi connectivity index (χ3v) is 5.97. The van der Waals surface area contributed by atoms with Crippen LogP contribution in [-0.4, -0.2) is 30.5 Å². The highest BCUT2D eigenvalue weighted by Crippen LogP contribution is 2.40. The Labute approximate surface area is 155 Å². The Hall–Kier alpha value is -2.36. The number of anilines is 1. The third kappa shape index (κ3) is 3.33. The summed E-state index contributed by atoms with van der Waals surface area (Å²) in [5.74, 6) is 0.838. The van der Waals surface area contributed by atoms with E-state index in [0.29, 0.717) is 12.1 Å². The van der Waals surface area contributed by atoms with Crippen molar-refractivity contribution in [1.29, 1.82) is 0 Å². The maximum atomic E-state index is 13.0. The van der Waals surface area contributed by atoms with Gasteiger partial charge < -0.3 is 10.2 Å². The van der Waals surface area contributed by atoms with E-state index in [-0.39, 0.29) is 11.3 Å². The Morgan fingerprint density at radius 3 is 2.46 bits per heavy atom. The van der Waals surface area contributed by atoms with E-state index in [4.69, 9.17) is 0 Å². The number of carbonyl (C=O) groups excluding carboxylic acids is 1. The molecule has 4 nitrogen and oxygen atoms in total. The fourth-order valence-electron chi connectivity index (χ4n) is 4.51. The van der Waals surface area contributed by atoms with Crippen molar-refractivity contribution in [2.75, 3.05) is 24.5 Å². The summed E-state index contributed by atoms with van der Waals surface area (Å²) in [4.78, 5) is 19.7. The second-order valence-corrected chi connectivity index (χ2v) is 7.60. The number of pyridine rings is 1. The lowest BCUT2D eigenvalue weighted by Gasteiger charge is -2.30. The molecule has 0 unspecified atom stereocenters. The summed E-state index contributed by atoms with van der Waals surface area (Å²) in [6, 6.07) is 14.4. The first-order valence-corrected chi connectivity index (χ1v) is 9.82. The van der Waals surface area contributed by atoms with Gasteiger partial charge in [0.2, 0.25) is 0 Å². The van der Waals surface area contributed by atoms with E-state index in [0.717, 1.165) is 31.7 Å². The zero-order valence-corrected chi connectivity index (χ0v) is 15.3. The van der Waals surface area contributed by atoms with E-state index in [9.17, 15) is 4.79 Å². The van der Waals surface area contributed by atoms with Crippen molar-refractivity contribution in [2.24, 2.45) is 0 Å². The summed E-state index contributed by atoms with van der Waals surface area (Å²) >= 11 is 0. The van der Waals surface area contributed by atoms with Crippen LogP contribution in [0.1, 0.15) is 54.4 Å². The number of rotatable bonds is 5. The number of benzene rings is 1. The maximum absolute atomic E-state index is 13.0. The smallest absolute Gasteiger partial charge is 0.255 e. The van der Waals surface area contributed by atoms with E-state index in [1.807, 2.05) is 12.1 Å². The van der Waals surface area contributed by atoms with Gasteiger partial charge in [-0.3, -0.25) is 4.79 Å². The van der Waals surface area contributed by atoms with Gasteiger partial charge in [0.05, 0.1) is 5.56 Å². The minimum absolute atomic E-state index is 0.00204. The predicted molar refractivity (Wildman–Crippen MR) is 105 cm³/mol. The van der Waals surface area contributed by atoms with Gasteiger partial charge in [0.15, 0.2) is 0 Å². The Morgan fingerprint density at radius 2 is 1.73 bits per heavy atom. The molecule has 1 aliphatic carbocycles. The highest BCUT2D eigenvalue weighted by Gasteiger charge is 2.36. The van der Waals surface area contributed by atoms with Crippen LogP contribution < -0.4 is 10.2 Å². The van der Waals surface area contributed by atoms with Gasteiger partial charge in [-0.2, -0.15) is 0 Å². The van der Waals surface area contributed by atoms with Crippen LogP contribution >= 0.6 is 0 Å². The molecule has 26 heavy (non-hydrogen) atoms. The highest BCUT2D eigenvalue weighted by atomic mass is 16.1. The summed E-state index contributed by atoms with van der Waals surface area (Å²) in [5.41, 5.74) is 2.13. The third-order valence-electron chi connectivity index (χ3n) is 5.97. The van der Waals surface area contributed by atoms with Crippen molar-refractivity contribution < 1.29 is 4.79 Å². The molecule has 2 heterocycles. The topological polar surface area (TPSA) is 45.2 Å². The minimum Gasteiger partial charge on any atom is -0.356 e. The van der Waals surface area contributed by atoms with Gasteiger partial charge in [-0.1, -0.05) is 43.2 Å². The number of aromatic nitrogens is 1. The summed E-state index contributed by atoms with van der Waals surface area (Å²) in [6.45, 7) is 2.68. The lowest BCUT2D eigenvalue weighted by Crippen LogP contribution is -2.39. The van der Waals surface area contributed by atoms with Gasteiger partial charge in [0.25, 0.3) is 5.91 Å². The van der Waals surface area contributed by atoms with Crippen molar-refractivity contribution in [3.05, 3.63) is 59.8 Å². The molecule has 2 fully saturated rings. The van der Waals surface area contributed by atoms with Gasteiger partial charge in [0, 0.05) is 31.2 Å².